The summed E-state index contributed by atoms with van der Waals surface area (Å²) in [5, 5.41) is 5.41. The lowest BCUT2D eigenvalue weighted by Crippen LogP contribution is -2.31. The van der Waals surface area contributed by atoms with Gasteiger partial charge in [0.05, 0.1) is 22.8 Å². The molecule has 0 unspecified atom stereocenters. The Morgan fingerprint density at radius 3 is 2.55 bits per heavy atom. The summed E-state index contributed by atoms with van der Waals surface area (Å²) in [6.45, 7) is 1.70. The smallest absolute Gasteiger partial charge is 0.250 e. The van der Waals surface area contributed by atoms with Crippen LogP contribution in [0.1, 0.15) is 39.9 Å². The Hall–Kier alpha value is -3.35. The Morgan fingerprint density at radius 2 is 1.82 bits per heavy atom. The monoisotopic (exact) mass is 460 g/mol. The predicted molar refractivity (Wildman–Crippen MR) is 129 cm³/mol. The van der Waals surface area contributed by atoms with E-state index in [9.17, 15) is 9.59 Å². The average Bonchev–Trinajstić information content (AvgIpc) is 3.60. The van der Waals surface area contributed by atoms with Gasteiger partial charge in [-0.05, 0) is 47.7 Å². The van der Waals surface area contributed by atoms with E-state index in [1.54, 1.807) is 6.07 Å². The number of halogens is 1. The zero-order valence-corrected chi connectivity index (χ0v) is 18.9. The van der Waals surface area contributed by atoms with E-state index in [2.05, 4.69) is 34.0 Å². The van der Waals surface area contributed by atoms with Crippen molar-refractivity contribution in [3.05, 3.63) is 87.9 Å². The maximum Gasteiger partial charge on any atom is 0.250 e. The number of rotatable bonds is 7. The lowest BCUT2D eigenvalue weighted by atomic mass is 9.94. The molecule has 0 bridgehead atoms. The van der Waals surface area contributed by atoms with Crippen LogP contribution in [0.3, 0.4) is 0 Å². The molecule has 1 fully saturated rings. The third-order valence-electron chi connectivity index (χ3n) is 6.18. The third kappa shape index (κ3) is 4.45. The standard InChI is InChI=1S/C26H25ClN4O2/c27-24-20(11-17(12-21(24)25(28)32)13-29-26(33)18-9-10-18)19-7-4-8-23-22(19)14-30-31(23)15-16-5-2-1-3-6-16/h1-8,11-12,18,30H,9-10,13-15H2,(H2,28,32)(H,29,33). The molecular formula is C26H25ClN4O2. The lowest BCUT2D eigenvalue weighted by Gasteiger charge is -2.20. The van der Waals surface area contributed by atoms with E-state index in [0.717, 1.165) is 47.3 Å². The van der Waals surface area contributed by atoms with Gasteiger partial charge in [0.2, 0.25) is 11.8 Å². The molecule has 1 saturated carbocycles. The second-order valence-electron chi connectivity index (χ2n) is 8.57. The van der Waals surface area contributed by atoms with Gasteiger partial charge in [0.1, 0.15) is 0 Å². The van der Waals surface area contributed by atoms with Crippen LogP contribution in [-0.2, 0) is 24.4 Å². The van der Waals surface area contributed by atoms with Crippen molar-refractivity contribution in [3.8, 4) is 11.1 Å². The number of benzene rings is 3. The van der Waals surface area contributed by atoms with Crippen LogP contribution in [0.4, 0.5) is 5.69 Å². The molecule has 0 aromatic heterocycles. The van der Waals surface area contributed by atoms with E-state index >= 15 is 0 Å². The maximum absolute atomic E-state index is 12.1. The number of primary amides is 1. The summed E-state index contributed by atoms with van der Waals surface area (Å²) in [4.78, 5) is 24.2. The minimum atomic E-state index is -0.590. The van der Waals surface area contributed by atoms with Crippen molar-refractivity contribution in [2.45, 2.75) is 32.5 Å². The van der Waals surface area contributed by atoms with Gasteiger partial charge in [-0.25, -0.2) is 5.43 Å². The van der Waals surface area contributed by atoms with Crippen molar-refractivity contribution in [3.63, 3.8) is 0 Å². The number of carbonyl (C=O) groups is 2. The number of carbonyl (C=O) groups excluding carboxylic acids is 2. The van der Waals surface area contributed by atoms with E-state index < -0.39 is 5.91 Å². The summed E-state index contributed by atoms with van der Waals surface area (Å²) in [7, 11) is 0. The fourth-order valence-electron chi connectivity index (χ4n) is 4.27. The first-order chi connectivity index (χ1) is 16.0. The van der Waals surface area contributed by atoms with Crippen LogP contribution >= 0.6 is 11.6 Å². The molecule has 2 amide bonds. The van der Waals surface area contributed by atoms with Crippen LogP contribution < -0.4 is 21.5 Å². The van der Waals surface area contributed by atoms with Gasteiger partial charge in [-0.1, -0.05) is 54.1 Å². The molecule has 0 saturated heterocycles. The minimum absolute atomic E-state index is 0.0495. The molecule has 0 spiro atoms. The molecule has 4 N–H and O–H groups in total. The zero-order valence-electron chi connectivity index (χ0n) is 18.1. The Bertz CT molecular complexity index is 1220. The highest BCUT2D eigenvalue weighted by atomic mass is 35.5. The second-order valence-corrected chi connectivity index (χ2v) is 8.95. The Morgan fingerprint density at radius 1 is 1.03 bits per heavy atom. The van der Waals surface area contributed by atoms with E-state index in [4.69, 9.17) is 17.3 Å². The Kier molecular flexibility index (Phi) is 5.79. The van der Waals surface area contributed by atoms with Gasteiger partial charge in [0, 0.05) is 30.1 Å². The number of amides is 2. The van der Waals surface area contributed by atoms with Crippen molar-refractivity contribution < 1.29 is 9.59 Å². The number of nitrogens with zero attached hydrogens (tertiary/aromatic N) is 1. The van der Waals surface area contributed by atoms with Gasteiger partial charge in [0.15, 0.2) is 0 Å². The predicted octanol–water partition coefficient (Wildman–Crippen LogP) is 4.16. The minimum Gasteiger partial charge on any atom is -0.366 e. The van der Waals surface area contributed by atoms with Gasteiger partial charge in [0.25, 0.3) is 0 Å². The molecule has 168 valence electrons. The highest BCUT2D eigenvalue weighted by Gasteiger charge is 2.29. The van der Waals surface area contributed by atoms with Crippen LogP contribution in [-0.4, -0.2) is 11.8 Å². The van der Waals surface area contributed by atoms with Crippen molar-refractivity contribution in [2.75, 3.05) is 5.01 Å². The molecule has 1 aliphatic carbocycles. The van der Waals surface area contributed by atoms with Gasteiger partial charge < -0.3 is 16.1 Å². The quantitative estimate of drug-likeness (QED) is 0.494. The highest BCUT2D eigenvalue weighted by molar-refractivity contribution is 6.36. The first-order valence-electron chi connectivity index (χ1n) is 11.1. The van der Waals surface area contributed by atoms with Crippen LogP contribution in [0.5, 0.6) is 0 Å². The first kappa shape index (κ1) is 21.5. The number of hydrogen-bond donors (Lipinski definition) is 3. The lowest BCUT2D eigenvalue weighted by molar-refractivity contribution is -0.122. The van der Waals surface area contributed by atoms with Crippen LogP contribution in [0.2, 0.25) is 5.02 Å². The Labute approximate surface area is 197 Å². The molecule has 6 nitrogen and oxygen atoms in total. The largest absolute Gasteiger partial charge is 0.366 e. The Balaban J connectivity index is 1.49. The van der Waals surface area contributed by atoms with E-state index in [1.807, 2.05) is 36.4 Å². The molecule has 0 radical (unpaired) electrons. The molecule has 0 atom stereocenters. The topological polar surface area (TPSA) is 87.5 Å². The first-order valence-corrected chi connectivity index (χ1v) is 11.5. The molecule has 3 aromatic carbocycles. The number of anilines is 1. The van der Waals surface area contributed by atoms with Crippen molar-refractivity contribution in [1.29, 1.82) is 0 Å². The van der Waals surface area contributed by atoms with Crippen molar-refractivity contribution in [2.24, 2.45) is 11.7 Å². The zero-order chi connectivity index (χ0) is 22.9. The summed E-state index contributed by atoms with van der Waals surface area (Å²) in [6, 6.07) is 19.9. The summed E-state index contributed by atoms with van der Waals surface area (Å²) in [5.41, 5.74) is 15.2. The number of nitrogens with one attached hydrogen (secondary N) is 2. The summed E-state index contributed by atoms with van der Waals surface area (Å²) < 4.78 is 0. The van der Waals surface area contributed by atoms with Crippen LogP contribution in [0, 0.1) is 5.92 Å². The fraction of sp³-hybridized carbons (Fsp3) is 0.231. The molecule has 33 heavy (non-hydrogen) atoms. The number of nitrogens with two attached hydrogens (primary N) is 1. The molecular weight excluding hydrogens is 436 g/mol. The molecule has 2 aliphatic rings. The fourth-order valence-corrected chi connectivity index (χ4v) is 4.58. The molecule has 1 aliphatic heterocycles. The third-order valence-corrected chi connectivity index (χ3v) is 6.58. The van der Waals surface area contributed by atoms with Gasteiger partial charge in [-0.15, -0.1) is 0 Å². The number of hydrazine groups is 1. The molecule has 5 rings (SSSR count). The van der Waals surface area contributed by atoms with Gasteiger partial charge >= 0.3 is 0 Å². The molecule has 1 heterocycles. The summed E-state index contributed by atoms with van der Waals surface area (Å²) in [5.74, 6) is -0.423. The van der Waals surface area contributed by atoms with Crippen LogP contribution in [0.15, 0.2) is 60.7 Å². The number of hydrogen-bond acceptors (Lipinski definition) is 4. The molecule has 7 heteroatoms. The highest BCUT2D eigenvalue weighted by Crippen LogP contribution is 2.39. The summed E-state index contributed by atoms with van der Waals surface area (Å²) >= 11 is 6.68. The van der Waals surface area contributed by atoms with E-state index in [0.29, 0.717) is 18.1 Å². The number of fused-ring (bicyclic) bond motifs is 1. The van der Waals surface area contributed by atoms with Gasteiger partial charge in [-0.3, -0.25) is 9.59 Å². The van der Waals surface area contributed by atoms with Crippen LogP contribution in [0.25, 0.3) is 11.1 Å². The van der Waals surface area contributed by atoms with E-state index in [1.165, 1.54) is 5.56 Å². The average molecular weight is 461 g/mol. The van der Waals surface area contributed by atoms with Crippen molar-refractivity contribution >= 4 is 29.1 Å². The summed E-state index contributed by atoms with van der Waals surface area (Å²) in [6.07, 6.45) is 1.87. The SMILES string of the molecule is NC(=O)c1cc(CNC(=O)C2CC2)cc(-c2cccc3c2CNN3Cc2ccccc2)c1Cl. The second kappa shape index (κ2) is 8.89. The normalized spacial score (nSPS) is 14.8. The molecule has 3 aromatic rings. The van der Waals surface area contributed by atoms with E-state index in [-0.39, 0.29) is 17.4 Å². The van der Waals surface area contributed by atoms with Gasteiger partial charge in [-0.2, -0.15) is 0 Å². The van der Waals surface area contributed by atoms with Crippen molar-refractivity contribution in [1.82, 2.24) is 10.7 Å². The maximum atomic E-state index is 12.1.